The van der Waals surface area contributed by atoms with Gasteiger partial charge in [0.2, 0.25) is 12.0 Å². The molecule has 0 saturated heterocycles. The smallest absolute Gasteiger partial charge is 0.411 e. The number of esters is 1. The monoisotopic (exact) mass is 860 g/mol. The average molecular weight is 862 g/mol. The lowest BCUT2D eigenvalue weighted by Crippen LogP contribution is -2.56. The fourth-order valence-corrected chi connectivity index (χ4v) is 7.64. The molecular weight excluding hydrogens is 819 g/mol. The van der Waals surface area contributed by atoms with Crippen molar-refractivity contribution in [3.05, 3.63) is 147 Å². The molecule has 7 rings (SSSR count). The Morgan fingerprint density at radius 1 is 0.934 bits per heavy atom. The molecule has 5 aromatic carbocycles. The first-order chi connectivity index (χ1) is 29.2. The molecule has 12 nitrogen and oxygen atoms in total. The number of anilines is 1. The molecule has 14 heteroatoms. The molecule has 0 radical (unpaired) electrons. The second-order valence-corrected chi connectivity index (χ2v) is 16.5. The predicted octanol–water partition coefficient (Wildman–Crippen LogP) is 8.75. The van der Waals surface area contributed by atoms with Crippen LogP contribution in [-0.4, -0.2) is 53.6 Å². The highest BCUT2D eigenvalue weighted by atomic mass is 35.5. The summed E-state index contributed by atoms with van der Waals surface area (Å²) in [6.07, 6.45) is -1.52. The van der Waals surface area contributed by atoms with Gasteiger partial charge in [-0.1, -0.05) is 77.8 Å². The van der Waals surface area contributed by atoms with Crippen molar-refractivity contribution in [3.8, 4) is 28.7 Å². The summed E-state index contributed by atoms with van der Waals surface area (Å²) in [5, 5.41) is 15.9. The lowest BCUT2D eigenvalue weighted by atomic mass is 9.91. The first-order valence-electron chi connectivity index (χ1n) is 19.5. The summed E-state index contributed by atoms with van der Waals surface area (Å²) in [4.78, 5) is 55.8. The van der Waals surface area contributed by atoms with Crippen LogP contribution in [0.2, 0.25) is 10.0 Å². The minimum Gasteiger partial charge on any atom is -0.489 e. The van der Waals surface area contributed by atoms with Crippen LogP contribution in [0.4, 0.5) is 10.5 Å². The number of rotatable bonds is 10. The van der Waals surface area contributed by atoms with E-state index >= 15 is 0 Å². The summed E-state index contributed by atoms with van der Waals surface area (Å²) in [6, 6.07) is 30.3. The number of hydrogen-bond donors (Lipinski definition) is 2. The van der Waals surface area contributed by atoms with Crippen LogP contribution >= 0.6 is 23.2 Å². The van der Waals surface area contributed by atoms with Gasteiger partial charge in [-0.15, -0.1) is 0 Å². The van der Waals surface area contributed by atoms with Crippen LogP contribution in [0.3, 0.4) is 0 Å². The summed E-state index contributed by atoms with van der Waals surface area (Å²) < 4.78 is 23.0. The molecule has 3 amide bonds. The topological polar surface area (TPSA) is 156 Å². The van der Waals surface area contributed by atoms with E-state index in [1.165, 1.54) is 12.0 Å². The Balaban J connectivity index is 1.08. The third-order valence-electron chi connectivity index (χ3n) is 10.3. The number of carbonyl (C=O) groups excluding carboxylic acids is 4. The molecule has 5 aromatic rings. The zero-order chi connectivity index (χ0) is 43.4. The quantitative estimate of drug-likeness (QED) is 0.131. The second-order valence-electron chi connectivity index (χ2n) is 15.7. The van der Waals surface area contributed by atoms with Crippen molar-refractivity contribution in [2.45, 2.75) is 70.6 Å². The molecule has 0 saturated carbocycles. The molecule has 0 spiro atoms. The van der Waals surface area contributed by atoms with Crippen LogP contribution in [0.1, 0.15) is 60.3 Å². The number of ether oxygens (including phenoxy) is 4. The van der Waals surface area contributed by atoms with Gasteiger partial charge in [0.1, 0.15) is 35.8 Å². The van der Waals surface area contributed by atoms with Crippen LogP contribution in [-0.2, 0) is 49.9 Å². The number of hydrogen-bond acceptors (Lipinski definition) is 9. The van der Waals surface area contributed by atoms with Gasteiger partial charge in [0, 0.05) is 34.0 Å². The molecule has 2 aliphatic rings. The Hall–Kier alpha value is -6.55. The SMILES string of the molecule is COC(=O)[C@H](Cc1ccc(-c2ccc(C#N)cc2)cc1)NC(=O)C1Cc2cc3c(cc2CN1C(=O)OC(C)(C)C)O[C@@H](c1ccc(OCc2c(Cl)cccc2Cl)cc1)C(=O)N3. The maximum Gasteiger partial charge on any atom is 0.411 e. The largest absolute Gasteiger partial charge is 0.489 e. The highest BCUT2D eigenvalue weighted by Crippen LogP contribution is 2.40. The summed E-state index contributed by atoms with van der Waals surface area (Å²) in [5.41, 5.74) is 5.34. The highest BCUT2D eigenvalue weighted by molar-refractivity contribution is 6.36. The summed E-state index contributed by atoms with van der Waals surface area (Å²) >= 11 is 12.6. The van der Waals surface area contributed by atoms with E-state index in [-0.39, 0.29) is 26.0 Å². The summed E-state index contributed by atoms with van der Waals surface area (Å²) in [6.45, 7) is 5.34. The molecule has 1 unspecified atom stereocenters. The summed E-state index contributed by atoms with van der Waals surface area (Å²) in [7, 11) is 1.24. The number of methoxy groups -OCH3 is 1. The van der Waals surface area contributed by atoms with Crippen molar-refractivity contribution in [1.82, 2.24) is 10.2 Å². The normalized spacial score (nSPS) is 16.1. The maximum absolute atomic E-state index is 14.2. The Morgan fingerprint density at radius 3 is 2.21 bits per heavy atom. The van der Waals surface area contributed by atoms with E-state index in [1.54, 1.807) is 87.5 Å². The van der Waals surface area contributed by atoms with E-state index in [4.69, 9.17) is 47.4 Å². The zero-order valence-corrected chi connectivity index (χ0v) is 35.3. The standard InChI is InChI=1S/C47H42Cl2N4O8/c1-47(2,3)61-46(57)53-25-33-23-41-38(51-44(55)42(60-41)31-16-18-34(19-17-31)59-26-35-36(48)6-5-7-37(35)49)21-32(33)22-40(53)43(54)52-39(45(56)58-4)20-27-8-12-29(13-9-27)30-14-10-28(24-50)11-15-30/h5-19,21,23,39-40,42H,20,22,25-26H2,1-4H3,(H,51,55)(H,52,54)/t39-,40?,42-/m0/s1. The van der Waals surface area contributed by atoms with E-state index < -0.39 is 47.7 Å². The van der Waals surface area contributed by atoms with Gasteiger partial charge in [-0.2, -0.15) is 5.26 Å². The van der Waals surface area contributed by atoms with Gasteiger partial charge in [-0.3, -0.25) is 14.5 Å². The van der Waals surface area contributed by atoms with E-state index in [9.17, 15) is 19.2 Å². The van der Waals surface area contributed by atoms with Gasteiger partial charge in [-0.25, -0.2) is 9.59 Å². The van der Waals surface area contributed by atoms with E-state index in [2.05, 4.69) is 16.7 Å². The van der Waals surface area contributed by atoms with E-state index in [0.717, 1.165) is 16.7 Å². The Kier molecular flexibility index (Phi) is 12.5. The van der Waals surface area contributed by atoms with Crippen molar-refractivity contribution >= 4 is 52.8 Å². The third kappa shape index (κ3) is 9.92. The molecule has 3 atom stereocenters. The van der Waals surface area contributed by atoms with Crippen molar-refractivity contribution < 1.29 is 38.1 Å². The molecule has 0 fully saturated rings. The van der Waals surface area contributed by atoms with Gasteiger partial charge in [0.25, 0.3) is 5.91 Å². The Morgan fingerprint density at radius 2 is 1.59 bits per heavy atom. The maximum atomic E-state index is 14.2. The molecule has 0 aliphatic carbocycles. The fraction of sp³-hybridized carbons (Fsp3) is 0.255. The highest BCUT2D eigenvalue weighted by Gasteiger charge is 2.40. The number of benzene rings is 5. The minimum absolute atomic E-state index is 0.0151. The third-order valence-corrected chi connectivity index (χ3v) is 11.0. The Labute approximate surface area is 363 Å². The molecule has 0 bridgehead atoms. The molecule has 61 heavy (non-hydrogen) atoms. The number of nitriles is 1. The molecule has 2 N–H and O–H groups in total. The van der Waals surface area contributed by atoms with Crippen LogP contribution < -0.4 is 20.1 Å². The average Bonchev–Trinajstić information content (AvgIpc) is 3.24. The second kappa shape index (κ2) is 18.0. The lowest BCUT2D eigenvalue weighted by Gasteiger charge is -2.38. The van der Waals surface area contributed by atoms with Crippen molar-refractivity contribution in [3.63, 3.8) is 0 Å². The van der Waals surface area contributed by atoms with E-state index in [0.29, 0.717) is 55.0 Å². The number of amides is 3. The fourth-order valence-electron chi connectivity index (χ4n) is 7.13. The number of nitrogens with zero attached hydrogens (tertiary/aromatic N) is 2. The number of carbonyl (C=O) groups is 4. The first-order valence-corrected chi connectivity index (χ1v) is 20.2. The van der Waals surface area contributed by atoms with E-state index in [1.807, 2.05) is 36.4 Å². The lowest BCUT2D eigenvalue weighted by molar-refractivity contribution is -0.145. The van der Waals surface area contributed by atoms with Crippen LogP contribution in [0.25, 0.3) is 11.1 Å². The van der Waals surface area contributed by atoms with Crippen LogP contribution in [0, 0.1) is 11.3 Å². The van der Waals surface area contributed by atoms with Crippen LogP contribution in [0.15, 0.2) is 103 Å². The van der Waals surface area contributed by atoms with Crippen molar-refractivity contribution in [2.75, 3.05) is 12.4 Å². The summed E-state index contributed by atoms with van der Waals surface area (Å²) in [5.74, 6) is -0.701. The van der Waals surface area contributed by atoms with Gasteiger partial charge >= 0.3 is 12.1 Å². The van der Waals surface area contributed by atoms with Crippen molar-refractivity contribution in [1.29, 1.82) is 5.26 Å². The zero-order valence-electron chi connectivity index (χ0n) is 33.8. The van der Waals surface area contributed by atoms with Gasteiger partial charge in [0.15, 0.2) is 0 Å². The first kappa shape index (κ1) is 42.6. The van der Waals surface area contributed by atoms with Crippen molar-refractivity contribution in [2.24, 2.45) is 0 Å². The number of halogens is 2. The Bertz CT molecular complexity index is 2500. The van der Waals surface area contributed by atoms with Gasteiger partial charge < -0.3 is 29.6 Å². The molecule has 2 aliphatic heterocycles. The molecule has 0 aromatic heterocycles. The predicted molar refractivity (Wildman–Crippen MR) is 229 cm³/mol. The van der Waals surface area contributed by atoms with Crippen LogP contribution in [0.5, 0.6) is 11.5 Å². The minimum atomic E-state index is -1.08. The molecule has 2 heterocycles. The number of nitrogens with one attached hydrogen (secondary N) is 2. The molecule has 312 valence electrons. The van der Waals surface area contributed by atoms with Gasteiger partial charge in [-0.05, 0) is 97.1 Å². The van der Waals surface area contributed by atoms with Gasteiger partial charge in [0.05, 0.1) is 31.0 Å². The molecular formula is C47H42Cl2N4O8. The number of fused-ring (bicyclic) bond motifs is 2.